The van der Waals surface area contributed by atoms with Crippen molar-refractivity contribution in [2.75, 3.05) is 7.11 Å². The molecule has 1 aromatic carbocycles. The van der Waals surface area contributed by atoms with Gasteiger partial charge in [-0.3, -0.25) is 0 Å². The second kappa shape index (κ2) is 4.01. The van der Waals surface area contributed by atoms with Gasteiger partial charge < -0.3 is 10.5 Å². The fourth-order valence-electron chi connectivity index (χ4n) is 1.75. The van der Waals surface area contributed by atoms with Crippen LogP contribution in [0.15, 0.2) is 12.1 Å². The Bertz CT molecular complexity index is 402. The van der Waals surface area contributed by atoms with Crippen LogP contribution >= 0.6 is 0 Å². The monoisotopic (exact) mass is 227 g/mol. The molecule has 1 aliphatic rings. The average molecular weight is 227 g/mol. The van der Waals surface area contributed by atoms with E-state index in [1.165, 1.54) is 13.2 Å². The molecule has 0 saturated heterocycles. The molecule has 2 N–H and O–H groups in total. The number of halogens is 2. The molecule has 4 heteroatoms. The highest BCUT2D eigenvalue weighted by atomic mass is 19.2. The van der Waals surface area contributed by atoms with Crippen LogP contribution in [0.3, 0.4) is 0 Å². The summed E-state index contributed by atoms with van der Waals surface area (Å²) in [6.45, 7) is 0. The molecule has 0 heterocycles. The average Bonchev–Trinajstić information content (AvgIpc) is 2.98. The van der Waals surface area contributed by atoms with Crippen LogP contribution in [0, 0.1) is 11.6 Å². The van der Waals surface area contributed by atoms with Gasteiger partial charge in [0.15, 0.2) is 11.6 Å². The minimum absolute atomic E-state index is 0.0874. The van der Waals surface area contributed by atoms with E-state index >= 15 is 0 Å². The Morgan fingerprint density at radius 2 is 1.94 bits per heavy atom. The number of methoxy groups -OCH3 is 1. The molecule has 0 unspecified atom stereocenters. The lowest BCUT2D eigenvalue weighted by Gasteiger charge is -2.12. The normalized spacial score (nSPS) is 17.2. The van der Waals surface area contributed by atoms with Gasteiger partial charge in [-0.25, -0.2) is 8.78 Å². The van der Waals surface area contributed by atoms with Gasteiger partial charge in [-0.1, -0.05) is 0 Å². The third-order valence-corrected chi connectivity index (χ3v) is 3.11. The first-order valence-electron chi connectivity index (χ1n) is 5.35. The van der Waals surface area contributed by atoms with Gasteiger partial charge in [0.1, 0.15) is 5.75 Å². The van der Waals surface area contributed by atoms with Crippen molar-refractivity contribution in [3.05, 3.63) is 29.3 Å². The van der Waals surface area contributed by atoms with Crippen molar-refractivity contribution in [3.8, 4) is 5.75 Å². The molecule has 1 aliphatic carbocycles. The van der Waals surface area contributed by atoms with Gasteiger partial charge in [-0.2, -0.15) is 0 Å². The van der Waals surface area contributed by atoms with Crippen LogP contribution in [-0.4, -0.2) is 12.6 Å². The smallest absolute Gasteiger partial charge is 0.162 e. The van der Waals surface area contributed by atoms with Crippen LogP contribution in [0.4, 0.5) is 8.78 Å². The molecular formula is C12H15F2NO. The minimum Gasteiger partial charge on any atom is -0.496 e. The van der Waals surface area contributed by atoms with Crippen LogP contribution in [0.5, 0.6) is 5.75 Å². The predicted molar refractivity (Wildman–Crippen MR) is 57.4 cm³/mol. The lowest BCUT2D eigenvalue weighted by Crippen LogP contribution is -2.22. The molecule has 0 aromatic heterocycles. The van der Waals surface area contributed by atoms with Gasteiger partial charge in [-0.15, -0.1) is 0 Å². The topological polar surface area (TPSA) is 35.2 Å². The number of nitrogens with two attached hydrogens (primary N) is 1. The highest BCUT2D eigenvalue weighted by Crippen LogP contribution is 2.37. The predicted octanol–water partition coefficient (Wildman–Crippen LogP) is 2.40. The van der Waals surface area contributed by atoms with Gasteiger partial charge in [-0.05, 0) is 37.3 Å². The zero-order valence-corrected chi connectivity index (χ0v) is 9.22. The Labute approximate surface area is 93.4 Å². The van der Waals surface area contributed by atoms with Crippen LogP contribution in [0.25, 0.3) is 0 Å². The summed E-state index contributed by atoms with van der Waals surface area (Å²) in [5, 5.41) is 0. The molecule has 16 heavy (non-hydrogen) atoms. The summed E-state index contributed by atoms with van der Waals surface area (Å²) in [6.07, 6.45) is 3.43. The highest BCUT2D eigenvalue weighted by molar-refractivity contribution is 5.35. The number of rotatable bonds is 4. The molecule has 0 amide bonds. The van der Waals surface area contributed by atoms with E-state index in [-0.39, 0.29) is 5.54 Å². The van der Waals surface area contributed by atoms with Crippen molar-refractivity contribution in [3.63, 3.8) is 0 Å². The Morgan fingerprint density at radius 3 is 2.50 bits per heavy atom. The summed E-state index contributed by atoms with van der Waals surface area (Å²) >= 11 is 0. The van der Waals surface area contributed by atoms with Crippen molar-refractivity contribution in [2.45, 2.75) is 31.2 Å². The maximum Gasteiger partial charge on any atom is 0.162 e. The molecule has 0 aliphatic heterocycles. The van der Waals surface area contributed by atoms with E-state index in [2.05, 4.69) is 0 Å². The van der Waals surface area contributed by atoms with E-state index in [4.69, 9.17) is 10.5 Å². The summed E-state index contributed by atoms with van der Waals surface area (Å²) in [6, 6.07) is 2.28. The Balaban J connectivity index is 2.14. The van der Waals surface area contributed by atoms with E-state index in [0.717, 1.165) is 25.3 Å². The summed E-state index contributed by atoms with van der Waals surface area (Å²) < 4.78 is 31.0. The number of aryl methyl sites for hydroxylation is 1. The first kappa shape index (κ1) is 11.3. The first-order valence-corrected chi connectivity index (χ1v) is 5.35. The number of benzene rings is 1. The molecule has 0 bridgehead atoms. The molecule has 1 aromatic rings. The summed E-state index contributed by atoms with van der Waals surface area (Å²) in [4.78, 5) is 0. The molecule has 1 fully saturated rings. The maximum atomic E-state index is 13.1. The molecular weight excluding hydrogens is 212 g/mol. The third kappa shape index (κ3) is 2.32. The largest absolute Gasteiger partial charge is 0.496 e. The van der Waals surface area contributed by atoms with E-state index < -0.39 is 11.6 Å². The van der Waals surface area contributed by atoms with Crippen LogP contribution in [-0.2, 0) is 6.42 Å². The molecule has 0 radical (unpaired) electrons. The van der Waals surface area contributed by atoms with Gasteiger partial charge in [0.25, 0.3) is 0 Å². The fourth-order valence-corrected chi connectivity index (χ4v) is 1.75. The lowest BCUT2D eigenvalue weighted by atomic mass is 10.0. The molecule has 1 saturated carbocycles. The second-order valence-corrected chi connectivity index (χ2v) is 4.44. The molecule has 0 spiro atoms. The van der Waals surface area contributed by atoms with E-state index in [0.29, 0.717) is 17.7 Å². The minimum atomic E-state index is -0.880. The van der Waals surface area contributed by atoms with E-state index in [1.807, 2.05) is 0 Å². The quantitative estimate of drug-likeness (QED) is 0.857. The Morgan fingerprint density at radius 1 is 1.31 bits per heavy atom. The van der Waals surface area contributed by atoms with Crippen LogP contribution in [0.2, 0.25) is 0 Å². The highest BCUT2D eigenvalue weighted by Gasteiger charge is 2.37. The van der Waals surface area contributed by atoms with E-state index in [9.17, 15) is 8.78 Å². The molecule has 0 atom stereocenters. The lowest BCUT2D eigenvalue weighted by molar-refractivity contribution is 0.399. The Hall–Kier alpha value is -1.16. The van der Waals surface area contributed by atoms with Crippen LogP contribution in [0.1, 0.15) is 24.8 Å². The van der Waals surface area contributed by atoms with Gasteiger partial charge >= 0.3 is 0 Å². The standard InChI is InChI=1S/C12H15F2NO/c1-16-11-7-10(14)9(13)6-8(11)2-3-12(15)4-5-12/h6-7H,2-5,15H2,1H3. The first-order chi connectivity index (χ1) is 7.54. The van der Waals surface area contributed by atoms with E-state index in [1.54, 1.807) is 0 Å². The number of ether oxygens (including phenoxy) is 1. The molecule has 88 valence electrons. The summed E-state index contributed by atoms with van der Waals surface area (Å²) in [7, 11) is 1.45. The molecule has 2 rings (SSSR count). The SMILES string of the molecule is COc1cc(F)c(F)cc1CCC1(N)CC1. The fraction of sp³-hybridized carbons (Fsp3) is 0.500. The summed E-state index contributed by atoms with van der Waals surface area (Å²) in [5.74, 6) is -1.32. The zero-order valence-electron chi connectivity index (χ0n) is 9.22. The molecule has 2 nitrogen and oxygen atoms in total. The Kier molecular flexibility index (Phi) is 2.84. The zero-order chi connectivity index (χ0) is 11.8. The number of hydrogen-bond acceptors (Lipinski definition) is 2. The third-order valence-electron chi connectivity index (χ3n) is 3.11. The van der Waals surface area contributed by atoms with Crippen molar-refractivity contribution in [1.29, 1.82) is 0 Å². The van der Waals surface area contributed by atoms with Gasteiger partial charge in [0.2, 0.25) is 0 Å². The van der Waals surface area contributed by atoms with Gasteiger partial charge in [0, 0.05) is 11.6 Å². The van der Waals surface area contributed by atoms with Gasteiger partial charge in [0.05, 0.1) is 7.11 Å². The van der Waals surface area contributed by atoms with Crippen molar-refractivity contribution in [1.82, 2.24) is 0 Å². The van der Waals surface area contributed by atoms with Crippen LogP contribution < -0.4 is 10.5 Å². The number of hydrogen-bond donors (Lipinski definition) is 1. The van der Waals surface area contributed by atoms with Crippen molar-refractivity contribution < 1.29 is 13.5 Å². The van der Waals surface area contributed by atoms with Crippen molar-refractivity contribution in [2.24, 2.45) is 5.73 Å². The second-order valence-electron chi connectivity index (χ2n) is 4.44. The maximum absolute atomic E-state index is 13.1. The summed E-state index contributed by atoms with van der Waals surface area (Å²) in [5.41, 5.74) is 6.54. The van der Waals surface area contributed by atoms with Crippen molar-refractivity contribution >= 4 is 0 Å².